The van der Waals surface area contributed by atoms with Crippen molar-refractivity contribution in [1.29, 1.82) is 0 Å². The van der Waals surface area contributed by atoms with Crippen molar-refractivity contribution in [2.24, 2.45) is 0 Å². The molecular weight excluding hydrogens is 184 g/mol. The van der Waals surface area contributed by atoms with E-state index in [1.807, 2.05) is 6.92 Å². The highest BCUT2D eigenvalue weighted by Crippen LogP contribution is 1.82. The normalized spacial score (nSPS) is 11.9. The molecule has 5 nitrogen and oxygen atoms in total. The maximum atomic E-state index is 11.0. The Morgan fingerprint density at radius 3 is 2.36 bits per heavy atom. The van der Waals surface area contributed by atoms with Crippen LogP contribution in [0.5, 0.6) is 0 Å². The molecule has 0 aliphatic rings. The van der Waals surface area contributed by atoms with Crippen molar-refractivity contribution in [2.45, 2.75) is 32.8 Å². The highest BCUT2D eigenvalue weighted by molar-refractivity contribution is 6.35. The number of aliphatic hydroxyl groups excluding tert-OH is 1. The maximum absolute atomic E-state index is 11.0. The van der Waals surface area contributed by atoms with Crippen LogP contribution in [0.1, 0.15) is 26.7 Å². The number of hydrogen-bond donors (Lipinski definition) is 3. The van der Waals surface area contributed by atoms with Crippen molar-refractivity contribution in [3.8, 4) is 0 Å². The Bertz CT molecular complexity index is 192. The van der Waals surface area contributed by atoms with Gasteiger partial charge in [0.2, 0.25) is 0 Å². The second-order valence-corrected chi connectivity index (χ2v) is 3.17. The molecule has 0 bridgehead atoms. The molecule has 82 valence electrons. The number of carbonyl (C=O) groups is 2. The summed E-state index contributed by atoms with van der Waals surface area (Å²) >= 11 is 0. The van der Waals surface area contributed by atoms with Crippen LogP contribution < -0.4 is 10.6 Å². The van der Waals surface area contributed by atoms with Gasteiger partial charge in [0.25, 0.3) is 0 Å². The summed E-state index contributed by atoms with van der Waals surface area (Å²) < 4.78 is 0. The molecule has 0 aliphatic heterocycles. The summed E-state index contributed by atoms with van der Waals surface area (Å²) in [5, 5.41) is 13.6. The summed E-state index contributed by atoms with van der Waals surface area (Å²) in [4.78, 5) is 22.0. The zero-order valence-corrected chi connectivity index (χ0v) is 8.67. The summed E-state index contributed by atoms with van der Waals surface area (Å²) in [5.74, 6) is -1.33. The van der Waals surface area contributed by atoms with E-state index in [0.717, 1.165) is 12.8 Å². The van der Waals surface area contributed by atoms with Crippen LogP contribution in [-0.2, 0) is 9.59 Å². The summed E-state index contributed by atoms with van der Waals surface area (Å²) in [6.45, 7) is 4.15. The number of rotatable bonds is 5. The molecule has 0 aromatic rings. The number of hydrogen-bond acceptors (Lipinski definition) is 3. The molecule has 5 heteroatoms. The van der Waals surface area contributed by atoms with Gasteiger partial charge in [0.05, 0.1) is 6.10 Å². The highest BCUT2D eigenvalue weighted by Gasteiger charge is 2.12. The minimum absolute atomic E-state index is 0.0973. The predicted molar refractivity (Wildman–Crippen MR) is 52.6 cm³/mol. The van der Waals surface area contributed by atoms with E-state index >= 15 is 0 Å². The molecule has 0 saturated carbocycles. The molecule has 0 aliphatic carbocycles. The first-order chi connectivity index (χ1) is 6.57. The van der Waals surface area contributed by atoms with Crippen LogP contribution in [-0.4, -0.2) is 36.1 Å². The molecule has 0 fully saturated rings. The molecule has 0 saturated heterocycles. The Hall–Kier alpha value is -1.10. The molecule has 0 radical (unpaired) electrons. The Labute approximate surface area is 83.9 Å². The first-order valence-electron chi connectivity index (χ1n) is 4.82. The van der Waals surface area contributed by atoms with Crippen LogP contribution in [0.4, 0.5) is 0 Å². The smallest absolute Gasteiger partial charge is 0.309 e. The molecular formula is C9H18N2O3. The van der Waals surface area contributed by atoms with Gasteiger partial charge in [0.1, 0.15) is 0 Å². The minimum Gasteiger partial charge on any atom is -0.392 e. The second-order valence-electron chi connectivity index (χ2n) is 3.17. The van der Waals surface area contributed by atoms with E-state index in [2.05, 4.69) is 10.6 Å². The summed E-state index contributed by atoms with van der Waals surface area (Å²) in [6.07, 6.45) is 1.19. The lowest BCUT2D eigenvalue weighted by Crippen LogP contribution is -2.42. The van der Waals surface area contributed by atoms with E-state index in [0.29, 0.717) is 6.54 Å². The van der Waals surface area contributed by atoms with Gasteiger partial charge in [-0.25, -0.2) is 0 Å². The lowest BCUT2D eigenvalue weighted by Gasteiger charge is -2.07. The van der Waals surface area contributed by atoms with Gasteiger partial charge in [-0.3, -0.25) is 9.59 Å². The van der Waals surface area contributed by atoms with Crippen LogP contribution in [0.3, 0.4) is 0 Å². The third-order valence-corrected chi connectivity index (χ3v) is 1.58. The SMILES string of the molecule is CCCCNC(=O)C(=O)NC[C@@H](C)O. The average Bonchev–Trinajstić information content (AvgIpc) is 2.14. The van der Waals surface area contributed by atoms with Gasteiger partial charge in [-0.2, -0.15) is 0 Å². The Morgan fingerprint density at radius 1 is 1.29 bits per heavy atom. The molecule has 14 heavy (non-hydrogen) atoms. The van der Waals surface area contributed by atoms with Crippen molar-refractivity contribution in [3.05, 3.63) is 0 Å². The number of unbranched alkanes of at least 4 members (excludes halogenated alkanes) is 1. The fourth-order valence-electron chi connectivity index (χ4n) is 0.780. The topological polar surface area (TPSA) is 78.4 Å². The average molecular weight is 202 g/mol. The summed E-state index contributed by atoms with van der Waals surface area (Å²) in [5.41, 5.74) is 0. The van der Waals surface area contributed by atoms with E-state index in [9.17, 15) is 9.59 Å². The van der Waals surface area contributed by atoms with Gasteiger partial charge in [-0.1, -0.05) is 13.3 Å². The van der Waals surface area contributed by atoms with Gasteiger partial charge >= 0.3 is 11.8 Å². The quantitative estimate of drug-likeness (QED) is 0.411. The van der Waals surface area contributed by atoms with E-state index in [-0.39, 0.29) is 6.54 Å². The van der Waals surface area contributed by atoms with Gasteiger partial charge in [-0.15, -0.1) is 0 Å². The molecule has 0 rings (SSSR count). The van der Waals surface area contributed by atoms with Crippen molar-refractivity contribution in [3.63, 3.8) is 0 Å². The van der Waals surface area contributed by atoms with Crippen molar-refractivity contribution >= 4 is 11.8 Å². The number of carbonyl (C=O) groups excluding carboxylic acids is 2. The molecule has 0 unspecified atom stereocenters. The molecule has 3 N–H and O–H groups in total. The van der Waals surface area contributed by atoms with E-state index in [1.54, 1.807) is 0 Å². The predicted octanol–water partition coefficient (Wildman–Crippen LogP) is -0.600. The monoisotopic (exact) mass is 202 g/mol. The van der Waals surface area contributed by atoms with Crippen LogP contribution in [0.15, 0.2) is 0 Å². The fourth-order valence-corrected chi connectivity index (χ4v) is 0.780. The third kappa shape index (κ3) is 6.42. The fraction of sp³-hybridized carbons (Fsp3) is 0.778. The highest BCUT2D eigenvalue weighted by atomic mass is 16.3. The van der Waals surface area contributed by atoms with Crippen LogP contribution >= 0.6 is 0 Å². The van der Waals surface area contributed by atoms with Crippen molar-refractivity contribution < 1.29 is 14.7 Å². The second kappa shape index (κ2) is 7.32. The molecule has 2 amide bonds. The number of aliphatic hydroxyl groups is 1. The first-order valence-corrected chi connectivity index (χ1v) is 4.82. The van der Waals surface area contributed by atoms with Crippen LogP contribution in [0, 0.1) is 0 Å². The largest absolute Gasteiger partial charge is 0.392 e. The minimum atomic E-state index is -0.693. The number of amides is 2. The van der Waals surface area contributed by atoms with Gasteiger partial charge < -0.3 is 15.7 Å². The number of nitrogens with one attached hydrogen (secondary N) is 2. The molecule has 0 spiro atoms. The summed E-state index contributed by atoms with van der Waals surface area (Å²) in [7, 11) is 0. The molecule has 0 aromatic carbocycles. The first kappa shape index (κ1) is 12.9. The van der Waals surface area contributed by atoms with Crippen molar-refractivity contribution in [2.75, 3.05) is 13.1 Å². The van der Waals surface area contributed by atoms with Gasteiger partial charge in [0, 0.05) is 13.1 Å². The Kier molecular flexibility index (Phi) is 6.74. The standard InChI is InChI=1S/C9H18N2O3/c1-3-4-5-10-8(13)9(14)11-6-7(2)12/h7,12H,3-6H2,1-2H3,(H,10,13)(H,11,14)/t7-/m1/s1. The van der Waals surface area contributed by atoms with Gasteiger partial charge in [0.15, 0.2) is 0 Å². The molecule has 0 aromatic heterocycles. The van der Waals surface area contributed by atoms with E-state index in [4.69, 9.17) is 5.11 Å². The molecule has 1 atom stereocenters. The lowest BCUT2D eigenvalue weighted by molar-refractivity contribution is -0.139. The summed E-state index contributed by atoms with van der Waals surface area (Å²) in [6, 6.07) is 0. The van der Waals surface area contributed by atoms with E-state index < -0.39 is 17.9 Å². The van der Waals surface area contributed by atoms with Crippen LogP contribution in [0.2, 0.25) is 0 Å². The Balaban J connectivity index is 3.60. The molecule has 0 heterocycles. The van der Waals surface area contributed by atoms with Crippen molar-refractivity contribution in [1.82, 2.24) is 10.6 Å². The third-order valence-electron chi connectivity index (χ3n) is 1.58. The van der Waals surface area contributed by atoms with E-state index in [1.165, 1.54) is 6.92 Å². The maximum Gasteiger partial charge on any atom is 0.309 e. The zero-order chi connectivity index (χ0) is 11.0. The Morgan fingerprint density at radius 2 is 1.86 bits per heavy atom. The van der Waals surface area contributed by atoms with Gasteiger partial charge in [-0.05, 0) is 13.3 Å². The zero-order valence-electron chi connectivity index (χ0n) is 8.67. The lowest BCUT2D eigenvalue weighted by atomic mass is 10.3. The van der Waals surface area contributed by atoms with Crippen LogP contribution in [0.25, 0.3) is 0 Å².